The van der Waals surface area contributed by atoms with Crippen molar-refractivity contribution in [2.45, 2.75) is 19.1 Å². The van der Waals surface area contributed by atoms with Crippen LogP contribution >= 0.6 is 39.7 Å². The zero-order valence-electron chi connectivity index (χ0n) is 12.6. The summed E-state index contributed by atoms with van der Waals surface area (Å²) in [4.78, 5) is 20.4. The molecule has 3 heterocycles. The average Bonchev–Trinajstić information content (AvgIpc) is 3.19. The highest BCUT2D eigenvalue weighted by Crippen LogP contribution is 2.31. The fourth-order valence-electron chi connectivity index (χ4n) is 2.96. The van der Waals surface area contributed by atoms with Gasteiger partial charge < -0.3 is 9.47 Å². The topological polar surface area (TPSA) is 38.1 Å². The monoisotopic (exact) mass is 423 g/mol. The molecule has 0 fully saturated rings. The lowest BCUT2D eigenvalue weighted by Gasteiger charge is -2.34. The lowest BCUT2D eigenvalue weighted by molar-refractivity contribution is -0.136. The number of hydrogen-bond donors (Lipinski definition) is 0. The fourth-order valence-corrected chi connectivity index (χ4v) is 4.09. The number of thiophene rings is 1. The van der Waals surface area contributed by atoms with Crippen LogP contribution in [0.15, 0.2) is 58.8 Å². The molecule has 0 saturated carbocycles. The number of benzene rings is 1. The molecule has 0 N–H and O–H groups in total. The fraction of sp³-hybridized carbons (Fsp3) is 0.176. The minimum absolute atomic E-state index is 0. The molecule has 0 radical (unpaired) electrons. The zero-order valence-corrected chi connectivity index (χ0v) is 15.9. The van der Waals surface area contributed by atoms with E-state index >= 15 is 0 Å². The van der Waals surface area contributed by atoms with Crippen molar-refractivity contribution in [2.75, 3.05) is 0 Å². The summed E-state index contributed by atoms with van der Waals surface area (Å²) in [6, 6.07) is 11.7. The van der Waals surface area contributed by atoms with Gasteiger partial charge in [-0.2, -0.15) is 0 Å². The van der Waals surface area contributed by atoms with Crippen molar-refractivity contribution in [1.29, 1.82) is 0 Å². The maximum absolute atomic E-state index is 13.1. The van der Waals surface area contributed by atoms with Crippen LogP contribution in [0, 0.1) is 0 Å². The largest absolute Gasteiger partial charge is 0.330 e. The second-order valence-corrected chi connectivity index (χ2v) is 7.47. The molecule has 1 unspecified atom stereocenters. The summed E-state index contributed by atoms with van der Waals surface area (Å²) in [5.74, 6) is 0.113. The van der Waals surface area contributed by atoms with E-state index in [9.17, 15) is 4.79 Å². The zero-order chi connectivity index (χ0) is 15.8. The Labute approximate surface area is 158 Å². The standard InChI is InChI=1S/C17H14BrN3OS.ClH/c18-13-4-1-3-12(7-13)16-17(22)20(10-15-5-2-6-23-15)9-14-8-19-11-21(14)16;/h1-8,11,16H,9-10H2;1H. The van der Waals surface area contributed by atoms with Gasteiger partial charge in [-0.15, -0.1) is 23.7 Å². The predicted octanol–water partition coefficient (Wildman–Crippen LogP) is 4.26. The third-order valence-electron chi connectivity index (χ3n) is 4.01. The first-order chi connectivity index (χ1) is 11.2. The van der Waals surface area contributed by atoms with E-state index in [1.54, 1.807) is 17.7 Å². The number of carbonyl (C=O) groups excluding carboxylic acids is 1. The van der Waals surface area contributed by atoms with Crippen molar-refractivity contribution >= 4 is 45.6 Å². The predicted molar refractivity (Wildman–Crippen MR) is 100 cm³/mol. The number of halogens is 2. The van der Waals surface area contributed by atoms with Crippen LogP contribution in [0.5, 0.6) is 0 Å². The van der Waals surface area contributed by atoms with Crippen LogP contribution in [0.3, 0.4) is 0 Å². The van der Waals surface area contributed by atoms with Crippen molar-refractivity contribution in [2.24, 2.45) is 0 Å². The number of aromatic nitrogens is 2. The van der Waals surface area contributed by atoms with E-state index in [2.05, 4.69) is 27.0 Å². The highest BCUT2D eigenvalue weighted by molar-refractivity contribution is 9.10. The van der Waals surface area contributed by atoms with Crippen LogP contribution in [0.2, 0.25) is 0 Å². The third kappa shape index (κ3) is 3.14. The van der Waals surface area contributed by atoms with Crippen LogP contribution in [0.25, 0.3) is 0 Å². The number of rotatable bonds is 3. The summed E-state index contributed by atoms with van der Waals surface area (Å²) in [6.45, 7) is 1.24. The van der Waals surface area contributed by atoms with Gasteiger partial charge >= 0.3 is 0 Å². The second kappa shape index (κ2) is 7.09. The smallest absolute Gasteiger partial charge is 0.251 e. The number of hydrogen-bond acceptors (Lipinski definition) is 3. The number of carbonyl (C=O) groups is 1. The van der Waals surface area contributed by atoms with E-state index in [1.807, 2.05) is 51.4 Å². The Morgan fingerprint density at radius 3 is 2.92 bits per heavy atom. The molecule has 4 rings (SSSR count). The molecule has 24 heavy (non-hydrogen) atoms. The Kier molecular flexibility index (Phi) is 5.08. The van der Waals surface area contributed by atoms with E-state index in [-0.39, 0.29) is 24.4 Å². The summed E-state index contributed by atoms with van der Waals surface area (Å²) in [7, 11) is 0. The van der Waals surface area contributed by atoms with Gasteiger partial charge in [0.15, 0.2) is 0 Å². The quantitative estimate of drug-likeness (QED) is 0.630. The number of amides is 1. The number of imidazole rings is 1. The highest BCUT2D eigenvalue weighted by atomic mass is 79.9. The minimum Gasteiger partial charge on any atom is -0.330 e. The summed E-state index contributed by atoms with van der Waals surface area (Å²) < 4.78 is 2.95. The maximum atomic E-state index is 13.1. The van der Waals surface area contributed by atoms with Crippen LogP contribution in [0.4, 0.5) is 0 Å². The van der Waals surface area contributed by atoms with Crippen LogP contribution in [-0.2, 0) is 17.9 Å². The van der Waals surface area contributed by atoms with Gasteiger partial charge in [0.25, 0.3) is 5.91 Å². The molecule has 0 aliphatic carbocycles. The van der Waals surface area contributed by atoms with Crippen molar-refractivity contribution in [3.63, 3.8) is 0 Å². The molecule has 1 aliphatic heterocycles. The number of nitrogens with zero attached hydrogens (tertiary/aromatic N) is 3. The van der Waals surface area contributed by atoms with Gasteiger partial charge in [0.05, 0.1) is 25.1 Å². The first-order valence-electron chi connectivity index (χ1n) is 7.30. The molecule has 0 spiro atoms. The number of fused-ring (bicyclic) bond motifs is 1. The summed E-state index contributed by atoms with van der Waals surface area (Å²) >= 11 is 5.17. The Morgan fingerprint density at radius 2 is 2.17 bits per heavy atom. The van der Waals surface area contributed by atoms with Gasteiger partial charge in [-0.25, -0.2) is 4.98 Å². The Bertz CT molecular complexity index is 849. The molecule has 1 aromatic carbocycles. The molecule has 3 aromatic rings. The van der Waals surface area contributed by atoms with E-state index in [0.717, 1.165) is 15.7 Å². The molecule has 1 amide bonds. The summed E-state index contributed by atoms with van der Waals surface area (Å²) in [6.07, 6.45) is 3.60. The van der Waals surface area contributed by atoms with Crippen molar-refractivity contribution < 1.29 is 4.79 Å². The van der Waals surface area contributed by atoms with E-state index < -0.39 is 0 Å². The molecule has 2 aromatic heterocycles. The third-order valence-corrected chi connectivity index (χ3v) is 5.37. The molecule has 124 valence electrons. The molecule has 0 bridgehead atoms. The van der Waals surface area contributed by atoms with Crippen LogP contribution in [-0.4, -0.2) is 20.4 Å². The molecule has 0 saturated heterocycles. The van der Waals surface area contributed by atoms with Gasteiger partial charge in [0.1, 0.15) is 6.04 Å². The first kappa shape index (κ1) is 17.2. The summed E-state index contributed by atoms with van der Waals surface area (Å²) in [5, 5.41) is 2.04. The van der Waals surface area contributed by atoms with Gasteiger partial charge in [-0.05, 0) is 29.1 Å². The molecule has 7 heteroatoms. The summed E-state index contributed by atoms with van der Waals surface area (Å²) in [5.41, 5.74) is 2.03. The van der Waals surface area contributed by atoms with Gasteiger partial charge in [0, 0.05) is 15.5 Å². The van der Waals surface area contributed by atoms with Gasteiger partial charge in [-0.1, -0.05) is 34.1 Å². The van der Waals surface area contributed by atoms with Crippen LogP contribution < -0.4 is 0 Å². The highest BCUT2D eigenvalue weighted by Gasteiger charge is 2.34. The normalized spacial score (nSPS) is 16.6. The Balaban J connectivity index is 0.00000169. The van der Waals surface area contributed by atoms with Crippen molar-refractivity contribution in [3.8, 4) is 0 Å². The Hall–Kier alpha value is -1.63. The van der Waals surface area contributed by atoms with Crippen molar-refractivity contribution in [3.05, 3.63) is 74.9 Å². The Morgan fingerprint density at radius 1 is 1.29 bits per heavy atom. The maximum Gasteiger partial charge on any atom is 0.251 e. The average molecular weight is 425 g/mol. The lowest BCUT2D eigenvalue weighted by Crippen LogP contribution is -2.42. The first-order valence-corrected chi connectivity index (χ1v) is 8.97. The van der Waals surface area contributed by atoms with Crippen LogP contribution in [0.1, 0.15) is 22.2 Å². The van der Waals surface area contributed by atoms with Crippen molar-refractivity contribution in [1.82, 2.24) is 14.5 Å². The second-order valence-electron chi connectivity index (χ2n) is 5.52. The van der Waals surface area contributed by atoms with Gasteiger partial charge in [-0.3, -0.25) is 4.79 Å². The van der Waals surface area contributed by atoms with Gasteiger partial charge in [0.2, 0.25) is 0 Å². The lowest BCUT2D eigenvalue weighted by atomic mass is 10.0. The molecular formula is C17H15BrClN3OS. The van der Waals surface area contributed by atoms with E-state index in [0.29, 0.717) is 13.1 Å². The minimum atomic E-state index is -0.348. The van der Waals surface area contributed by atoms with E-state index in [1.165, 1.54) is 4.88 Å². The molecule has 1 aliphatic rings. The molecule has 1 atom stereocenters. The SMILES string of the molecule is Cl.O=C1C(c2cccc(Br)c2)n2cncc2CN1Cc1cccs1. The van der Waals surface area contributed by atoms with E-state index in [4.69, 9.17) is 0 Å². The molecular weight excluding hydrogens is 410 g/mol. The molecule has 4 nitrogen and oxygen atoms in total.